The normalized spacial score (nSPS) is 10.4. The fraction of sp³-hybridized carbons (Fsp3) is 0.308. The van der Waals surface area contributed by atoms with Crippen molar-refractivity contribution in [1.82, 2.24) is 4.98 Å². The van der Waals surface area contributed by atoms with E-state index in [-0.39, 0.29) is 0 Å². The SMILES string of the molecule is COc1cccc(CN(C)c2nc(CCl)cs2)c1. The summed E-state index contributed by atoms with van der Waals surface area (Å²) in [6.07, 6.45) is 0. The smallest absolute Gasteiger partial charge is 0.185 e. The van der Waals surface area contributed by atoms with Crippen LogP contribution in [0.1, 0.15) is 11.3 Å². The van der Waals surface area contributed by atoms with Gasteiger partial charge in [-0.25, -0.2) is 4.98 Å². The molecule has 0 amide bonds. The molecule has 0 aliphatic heterocycles. The van der Waals surface area contributed by atoms with Crippen molar-refractivity contribution in [2.45, 2.75) is 12.4 Å². The molecule has 0 aliphatic rings. The number of methoxy groups -OCH3 is 1. The lowest BCUT2D eigenvalue weighted by Crippen LogP contribution is -2.16. The first-order valence-corrected chi connectivity index (χ1v) is 6.99. The molecule has 2 rings (SSSR count). The Kier molecular flexibility index (Phi) is 4.44. The second-order valence-electron chi connectivity index (χ2n) is 3.96. The molecule has 18 heavy (non-hydrogen) atoms. The topological polar surface area (TPSA) is 25.4 Å². The first kappa shape index (κ1) is 13.2. The van der Waals surface area contributed by atoms with Crippen LogP contribution in [0.3, 0.4) is 0 Å². The van der Waals surface area contributed by atoms with Crippen LogP contribution in [0.2, 0.25) is 0 Å². The number of hydrogen-bond acceptors (Lipinski definition) is 4. The number of hydrogen-bond donors (Lipinski definition) is 0. The Morgan fingerprint density at radius 2 is 2.28 bits per heavy atom. The monoisotopic (exact) mass is 282 g/mol. The van der Waals surface area contributed by atoms with Gasteiger partial charge in [0.2, 0.25) is 0 Å². The predicted octanol–water partition coefficient (Wildman–Crippen LogP) is 3.53. The lowest BCUT2D eigenvalue weighted by molar-refractivity contribution is 0.414. The molecule has 0 aliphatic carbocycles. The van der Waals surface area contributed by atoms with Crippen LogP contribution in [0.15, 0.2) is 29.6 Å². The van der Waals surface area contributed by atoms with E-state index in [1.54, 1.807) is 18.4 Å². The minimum absolute atomic E-state index is 0.462. The summed E-state index contributed by atoms with van der Waals surface area (Å²) in [5.74, 6) is 1.34. The molecule has 0 atom stereocenters. The first-order chi connectivity index (χ1) is 8.72. The Labute approximate surface area is 116 Å². The van der Waals surface area contributed by atoms with E-state index in [0.717, 1.165) is 23.1 Å². The molecule has 2 aromatic rings. The standard InChI is InChI=1S/C13H15ClN2OS/c1-16(13-15-11(7-14)9-18-13)8-10-4-3-5-12(6-10)17-2/h3-6,9H,7-8H2,1-2H3. The van der Waals surface area contributed by atoms with Crippen molar-refractivity contribution in [2.24, 2.45) is 0 Å². The van der Waals surface area contributed by atoms with E-state index in [1.807, 2.05) is 30.6 Å². The molecule has 0 spiro atoms. The Balaban J connectivity index is 2.08. The summed E-state index contributed by atoms with van der Waals surface area (Å²) in [7, 11) is 3.70. The molecule has 1 heterocycles. The second-order valence-corrected chi connectivity index (χ2v) is 5.07. The molecular formula is C13H15ClN2OS. The van der Waals surface area contributed by atoms with Crippen LogP contribution >= 0.6 is 22.9 Å². The summed E-state index contributed by atoms with van der Waals surface area (Å²) < 4.78 is 5.21. The highest BCUT2D eigenvalue weighted by Crippen LogP contribution is 2.22. The van der Waals surface area contributed by atoms with Crippen LogP contribution in [0.5, 0.6) is 5.75 Å². The fourth-order valence-corrected chi connectivity index (χ4v) is 2.67. The molecule has 0 fully saturated rings. The van der Waals surface area contributed by atoms with Crippen LogP contribution in [0, 0.1) is 0 Å². The average Bonchev–Trinajstić information content (AvgIpc) is 2.88. The summed E-state index contributed by atoms with van der Waals surface area (Å²) >= 11 is 7.36. The minimum atomic E-state index is 0.462. The van der Waals surface area contributed by atoms with Gasteiger partial charge < -0.3 is 9.64 Å². The first-order valence-electron chi connectivity index (χ1n) is 5.57. The molecule has 0 bridgehead atoms. The Bertz CT molecular complexity index is 515. The quantitative estimate of drug-likeness (QED) is 0.785. The summed E-state index contributed by atoms with van der Waals surface area (Å²) in [5.41, 5.74) is 2.12. The average molecular weight is 283 g/mol. The van der Waals surface area contributed by atoms with E-state index in [4.69, 9.17) is 16.3 Å². The zero-order valence-corrected chi connectivity index (χ0v) is 12.0. The number of halogens is 1. The van der Waals surface area contributed by atoms with Crippen LogP contribution in [-0.2, 0) is 12.4 Å². The van der Waals surface area contributed by atoms with Gasteiger partial charge in [-0.15, -0.1) is 22.9 Å². The number of anilines is 1. The molecule has 0 saturated heterocycles. The van der Waals surface area contributed by atoms with E-state index in [1.165, 1.54) is 5.56 Å². The summed E-state index contributed by atoms with van der Waals surface area (Å²) in [6.45, 7) is 0.798. The van der Waals surface area contributed by atoms with Crippen molar-refractivity contribution >= 4 is 28.1 Å². The van der Waals surface area contributed by atoms with Gasteiger partial charge in [0.1, 0.15) is 5.75 Å². The summed E-state index contributed by atoms with van der Waals surface area (Å²) in [6, 6.07) is 8.05. The van der Waals surface area contributed by atoms with E-state index in [9.17, 15) is 0 Å². The fourth-order valence-electron chi connectivity index (χ4n) is 1.65. The van der Waals surface area contributed by atoms with Crippen molar-refractivity contribution in [3.63, 3.8) is 0 Å². The van der Waals surface area contributed by atoms with Crippen molar-refractivity contribution in [2.75, 3.05) is 19.1 Å². The van der Waals surface area contributed by atoms with Gasteiger partial charge in [0.25, 0.3) is 0 Å². The molecule has 0 radical (unpaired) electrons. The number of ether oxygens (including phenoxy) is 1. The summed E-state index contributed by atoms with van der Waals surface area (Å²) in [4.78, 5) is 6.56. The van der Waals surface area contributed by atoms with Crippen LogP contribution < -0.4 is 9.64 Å². The molecule has 0 saturated carbocycles. The third-order valence-corrected chi connectivity index (χ3v) is 3.83. The van der Waals surface area contributed by atoms with Gasteiger partial charge in [-0.3, -0.25) is 0 Å². The van der Waals surface area contributed by atoms with Gasteiger partial charge in [0, 0.05) is 19.0 Å². The molecule has 1 aromatic carbocycles. The number of benzene rings is 1. The zero-order valence-electron chi connectivity index (χ0n) is 10.4. The number of aromatic nitrogens is 1. The predicted molar refractivity (Wildman–Crippen MR) is 76.8 cm³/mol. The lowest BCUT2D eigenvalue weighted by Gasteiger charge is -2.16. The van der Waals surface area contributed by atoms with Gasteiger partial charge in [0.15, 0.2) is 5.13 Å². The zero-order chi connectivity index (χ0) is 13.0. The number of nitrogens with zero attached hydrogens (tertiary/aromatic N) is 2. The van der Waals surface area contributed by atoms with Crippen LogP contribution in [0.4, 0.5) is 5.13 Å². The van der Waals surface area contributed by atoms with Gasteiger partial charge in [-0.05, 0) is 17.7 Å². The second kappa shape index (κ2) is 6.07. The maximum absolute atomic E-state index is 5.75. The number of rotatable bonds is 5. The van der Waals surface area contributed by atoms with Crippen molar-refractivity contribution in [3.05, 3.63) is 40.9 Å². The van der Waals surface area contributed by atoms with Crippen LogP contribution in [-0.4, -0.2) is 19.1 Å². The van der Waals surface area contributed by atoms with Crippen LogP contribution in [0.25, 0.3) is 0 Å². The van der Waals surface area contributed by atoms with Gasteiger partial charge >= 0.3 is 0 Å². The van der Waals surface area contributed by atoms with E-state index in [2.05, 4.69) is 16.0 Å². The highest BCUT2D eigenvalue weighted by molar-refractivity contribution is 7.13. The molecule has 0 N–H and O–H groups in total. The van der Waals surface area contributed by atoms with Gasteiger partial charge in [-0.2, -0.15) is 0 Å². The number of thiazole rings is 1. The molecule has 3 nitrogen and oxygen atoms in total. The van der Waals surface area contributed by atoms with Gasteiger partial charge in [0.05, 0.1) is 18.7 Å². The molecule has 5 heteroatoms. The molecular weight excluding hydrogens is 268 g/mol. The number of alkyl halides is 1. The van der Waals surface area contributed by atoms with Crippen molar-refractivity contribution in [1.29, 1.82) is 0 Å². The maximum Gasteiger partial charge on any atom is 0.185 e. The third-order valence-electron chi connectivity index (χ3n) is 2.56. The molecule has 96 valence electrons. The highest BCUT2D eigenvalue weighted by atomic mass is 35.5. The highest BCUT2D eigenvalue weighted by Gasteiger charge is 2.07. The van der Waals surface area contributed by atoms with Gasteiger partial charge in [-0.1, -0.05) is 12.1 Å². The third kappa shape index (κ3) is 3.15. The largest absolute Gasteiger partial charge is 0.497 e. The Morgan fingerprint density at radius 1 is 1.44 bits per heavy atom. The molecule has 0 unspecified atom stereocenters. The van der Waals surface area contributed by atoms with E-state index in [0.29, 0.717) is 5.88 Å². The van der Waals surface area contributed by atoms with Crippen molar-refractivity contribution < 1.29 is 4.74 Å². The van der Waals surface area contributed by atoms with E-state index < -0.39 is 0 Å². The Morgan fingerprint density at radius 3 is 2.94 bits per heavy atom. The summed E-state index contributed by atoms with van der Waals surface area (Å²) in [5, 5.41) is 2.97. The maximum atomic E-state index is 5.75. The lowest BCUT2D eigenvalue weighted by atomic mass is 10.2. The van der Waals surface area contributed by atoms with Crippen molar-refractivity contribution in [3.8, 4) is 5.75 Å². The minimum Gasteiger partial charge on any atom is -0.497 e. The molecule has 1 aromatic heterocycles. The Hall–Kier alpha value is -1.26. The van der Waals surface area contributed by atoms with E-state index >= 15 is 0 Å².